The molecule has 0 atom stereocenters. The second-order valence-electron chi connectivity index (χ2n) is 11.3. The summed E-state index contributed by atoms with van der Waals surface area (Å²) in [6, 6.07) is 14.1. The quantitative estimate of drug-likeness (QED) is 0.293. The summed E-state index contributed by atoms with van der Waals surface area (Å²) in [5, 5.41) is 19.3. The number of benzene rings is 2. The molecule has 0 heterocycles. The van der Waals surface area contributed by atoms with Gasteiger partial charge in [0.1, 0.15) is 12.6 Å². The van der Waals surface area contributed by atoms with Crippen LogP contribution < -0.4 is 5.46 Å². The molecule has 2 aliphatic carbocycles. The van der Waals surface area contributed by atoms with Crippen molar-refractivity contribution in [2.45, 2.75) is 66.2 Å². The fourth-order valence-corrected chi connectivity index (χ4v) is 5.11. The molecule has 0 radical (unpaired) electrons. The van der Waals surface area contributed by atoms with Gasteiger partial charge in [-0.1, -0.05) is 86.8 Å². The molecule has 0 spiro atoms. The molecule has 2 aromatic carbocycles. The molecule has 38 heavy (non-hydrogen) atoms. The number of halogens is 3. The van der Waals surface area contributed by atoms with Crippen molar-refractivity contribution in [3.63, 3.8) is 0 Å². The van der Waals surface area contributed by atoms with Crippen LogP contribution in [-0.2, 0) is 9.59 Å². The van der Waals surface area contributed by atoms with Crippen LogP contribution in [0.25, 0.3) is 5.57 Å². The monoisotopic (exact) mass is 576 g/mol. The Labute approximate surface area is 241 Å². The summed E-state index contributed by atoms with van der Waals surface area (Å²) in [6.07, 6.45) is 7.58. The fraction of sp³-hybridized carbons (Fsp3) is 0.400. The molecule has 2 N–H and O–H groups in total. The average Bonchev–Trinajstić information content (AvgIpc) is 2.85. The third-order valence-corrected chi connectivity index (χ3v) is 7.69. The Kier molecular flexibility index (Phi) is 12.3. The lowest BCUT2D eigenvalue weighted by molar-refractivity contribution is -0.105. The van der Waals surface area contributed by atoms with Crippen LogP contribution in [0.2, 0.25) is 10.0 Å². The van der Waals surface area contributed by atoms with E-state index < -0.39 is 7.12 Å². The first-order valence-electron chi connectivity index (χ1n) is 12.6. The second-order valence-corrected chi connectivity index (χ2v) is 12.6. The van der Waals surface area contributed by atoms with Crippen molar-refractivity contribution in [2.24, 2.45) is 10.8 Å². The molecule has 0 saturated carbocycles. The van der Waals surface area contributed by atoms with E-state index in [0.717, 1.165) is 77.9 Å². The Balaban J connectivity index is 0.000000211. The highest BCUT2D eigenvalue weighted by Crippen LogP contribution is 2.42. The molecule has 204 valence electrons. The largest absolute Gasteiger partial charge is 0.488 e. The van der Waals surface area contributed by atoms with Gasteiger partial charge in [-0.05, 0) is 95.8 Å². The number of hydrogen-bond donors (Lipinski definition) is 2. The Bertz CT molecular complexity index is 1150. The Hall–Kier alpha value is -1.89. The summed E-state index contributed by atoms with van der Waals surface area (Å²) in [5.74, 6) is 0. The molecule has 0 aliphatic heterocycles. The third-order valence-electron chi connectivity index (χ3n) is 6.81. The first-order chi connectivity index (χ1) is 17.8. The van der Waals surface area contributed by atoms with E-state index in [0.29, 0.717) is 10.5 Å². The van der Waals surface area contributed by atoms with E-state index in [4.69, 9.17) is 44.9 Å². The van der Waals surface area contributed by atoms with Gasteiger partial charge in [0.05, 0.1) is 0 Å². The Morgan fingerprint density at radius 1 is 0.711 bits per heavy atom. The molecule has 0 fully saturated rings. The van der Waals surface area contributed by atoms with Gasteiger partial charge in [-0.25, -0.2) is 0 Å². The highest BCUT2D eigenvalue weighted by atomic mass is 35.5. The van der Waals surface area contributed by atoms with E-state index in [1.165, 1.54) is 5.57 Å². The number of hydrogen-bond acceptors (Lipinski definition) is 4. The summed E-state index contributed by atoms with van der Waals surface area (Å²) >= 11 is 17.4. The highest BCUT2D eigenvalue weighted by Gasteiger charge is 2.27. The molecule has 0 amide bonds. The number of rotatable bonds is 4. The van der Waals surface area contributed by atoms with E-state index in [9.17, 15) is 9.59 Å². The van der Waals surface area contributed by atoms with Gasteiger partial charge in [-0.3, -0.25) is 9.59 Å². The predicted octanol–water partition coefficient (Wildman–Crippen LogP) is 7.41. The summed E-state index contributed by atoms with van der Waals surface area (Å²) in [4.78, 5) is 21.6. The summed E-state index contributed by atoms with van der Waals surface area (Å²) < 4.78 is 0. The number of aldehydes is 2. The van der Waals surface area contributed by atoms with Crippen molar-refractivity contribution >= 4 is 65.5 Å². The van der Waals surface area contributed by atoms with Gasteiger partial charge in [0.15, 0.2) is 0 Å². The molecule has 4 rings (SSSR count). The van der Waals surface area contributed by atoms with Crippen LogP contribution >= 0.6 is 34.8 Å². The minimum absolute atomic E-state index is 0.279. The number of carbonyl (C=O) groups excluding carboxylic acids is 2. The zero-order valence-electron chi connectivity index (χ0n) is 22.4. The zero-order chi connectivity index (χ0) is 28.5. The molecule has 2 aromatic rings. The minimum atomic E-state index is -1.41. The van der Waals surface area contributed by atoms with Gasteiger partial charge in [-0.15, -0.1) is 0 Å². The lowest BCUT2D eigenvalue weighted by Crippen LogP contribution is -2.29. The molecule has 0 saturated heterocycles. The standard InChI is InChI=1S/C15H17ClO.C9H13ClO.C6H6BClO2/c1-15(2)8-7-12(10-17)14(9-15)11-3-5-13(16)6-4-11;1-9(2)4-3-7(6-11)8(10)5-9;8-6-3-1-5(2-4-6)7(9)10/h3-6,10H,7-9H2,1-2H3;6H,3-5H2,1-2H3;1-4,9-10H. The van der Waals surface area contributed by atoms with Gasteiger partial charge >= 0.3 is 7.12 Å². The van der Waals surface area contributed by atoms with Gasteiger partial charge in [0, 0.05) is 20.7 Å². The first-order valence-corrected chi connectivity index (χ1v) is 13.8. The van der Waals surface area contributed by atoms with Crippen molar-refractivity contribution in [3.05, 3.63) is 80.3 Å². The van der Waals surface area contributed by atoms with E-state index in [1.54, 1.807) is 24.3 Å². The van der Waals surface area contributed by atoms with Crippen LogP contribution in [0.4, 0.5) is 0 Å². The van der Waals surface area contributed by atoms with Crippen molar-refractivity contribution in [3.8, 4) is 0 Å². The molecule has 0 bridgehead atoms. The normalized spacial score (nSPS) is 17.9. The zero-order valence-corrected chi connectivity index (χ0v) is 24.7. The van der Waals surface area contributed by atoms with Gasteiger partial charge < -0.3 is 10.0 Å². The predicted molar refractivity (Wildman–Crippen MR) is 160 cm³/mol. The maximum absolute atomic E-state index is 11.1. The van der Waals surface area contributed by atoms with E-state index in [1.807, 2.05) is 24.3 Å². The highest BCUT2D eigenvalue weighted by molar-refractivity contribution is 6.58. The molecule has 8 heteroatoms. The lowest BCUT2D eigenvalue weighted by atomic mass is 9.73. The van der Waals surface area contributed by atoms with Crippen molar-refractivity contribution in [1.29, 1.82) is 0 Å². The molecule has 0 unspecified atom stereocenters. The van der Waals surface area contributed by atoms with E-state index >= 15 is 0 Å². The number of allylic oxidation sites excluding steroid dienone is 4. The lowest BCUT2D eigenvalue weighted by Gasteiger charge is -2.32. The topological polar surface area (TPSA) is 74.6 Å². The SMILES string of the molecule is CC1(C)CCC(C=O)=C(Cl)C1.CC1(C)CCC(C=O)=C(c2ccc(Cl)cc2)C1.OB(O)c1ccc(Cl)cc1. The van der Waals surface area contributed by atoms with Gasteiger partial charge in [0.2, 0.25) is 0 Å². The van der Waals surface area contributed by atoms with Crippen LogP contribution in [0.3, 0.4) is 0 Å². The van der Waals surface area contributed by atoms with Crippen LogP contribution in [0.1, 0.15) is 71.8 Å². The molecule has 2 aliphatic rings. The Morgan fingerprint density at radius 3 is 1.61 bits per heavy atom. The van der Waals surface area contributed by atoms with E-state index in [-0.39, 0.29) is 10.8 Å². The molecular weight excluding hydrogens is 541 g/mol. The van der Waals surface area contributed by atoms with Crippen LogP contribution in [0, 0.1) is 10.8 Å². The first kappa shape index (κ1) is 32.3. The number of carbonyl (C=O) groups is 2. The summed E-state index contributed by atoms with van der Waals surface area (Å²) in [6.45, 7) is 8.86. The van der Waals surface area contributed by atoms with E-state index in [2.05, 4.69) is 27.7 Å². The van der Waals surface area contributed by atoms with Crippen molar-refractivity contribution in [2.75, 3.05) is 0 Å². The maximum Gasteiger partial charge on any atom is 0.488 e. The molecule has 4 nitrogen and oxygen atoms in total. The Morgan fingerprint density at radius 2 is 1.16 bits per heavy atom. The van der Waals surface area contributed by atoms with Gasteiger partial charge in [0.25, 0.3) is 0 Å². The molecule has 0 aromatic heterocycles. The van der Waals surface area contributed by atoms with Crippen LogP contribution in [0.15, 0.2) is 64.7 Å². The third kappa shape index (κ3) is 10.4. The summed E-state index contributed by atoms with van der Waals surface area (Å²) in [7, 11) is -1.41. The maximum atomic E-state index is 11.1. The van der Waals surface area contributed by atoms with Crippen LogP contribution in [-0.4, -0.2) is 29.7 Å². The minimum Gasteiger partial charge on any atom is -0.423 e. The average molecular weight is 578 g/mol. The molecular formula is C30H36BCl3O4. The summed E-state index contributed by atoms with van der Waals surface area (Å²) in [5.41, 5.74) is 5.07. The van der Waals surface area contributed by atoms with Crippen molar-refractivity contribution in [1.82, 2.24) is 0 Å². The van der Waals surface area contributed by atoms with Gasteiger partial charge in [-0.2, -0.15) is 0 Å². The van der Waals surface area contributed by atoms with Crippen LogP contribution in [0.5, 0.6) is 0 Å². The smallest absolute Gasteiger partial charge is 0.423 e. The fourth-order valence-electron chi connectivity index (χ4n) is 4.36. The van der Waals surface area contributed by atoms with Crippen molar-refractivity contribution < 1.29 is 19.6 Å². The second kappa shape index (κ2) is 14.5.